The van der Waals surface area contributed by atoms with E-state index in [2.05, 4.69) is 17.5 Å². The van der Waals surface area contributed by atoms with E-state index in [1.807, 2.05) is 12.1 Å². The number of esters is 1. The largest absolute Gasteiger partial charge is 0.494 e. The minimum absolute atomic E-state index is 0.249. The van der Waals surface area contributed by atoms with E-state index in [-0.39, 0.29) is 12.4 Å². The topological polar surface area (TPSA) is 95.5 Å². The molecule has 0 aromatic heterocycles. The van der Waals surface area contributed by atoms with Gasteiger partial charge in [-0.15, -0.1) is 0 Å². The fourth-order valence-corrected chi connectivity index (χ4v) is 3.90. The molecule has 9 heteroatoms. The van der Waals surface area contributed by atoms with Crippen LogP contribution in [-0.2, 0) is 6.61 Å². The first-order valence-electron chi connectivity index (χ1n) is 13.4. The molecule has 0 aliphatic carbocycles. The summed E-state index contributed by atoms with van der Waals surface area (Å²) in [5, 5.41) is 4.70. The molecule has 1 amide bonds. The number of halogens is 1. The van der Waals surface area contributed by atoms with E-state index in [0.717, 1.165) is 18.4 Å². The molecule has 42 heavy (non-hydrogen) atoms. The molecule has 0 heterocycles. The van der Waals surface area contributed by atoms with Gasteiger partial charge in [0.05, 0.1) is 31.1 Å². The third kappa shape index (κ3) is 8.59. The van der Waals surface area contributed by atoms with Crippen LogP contribution in [0.1, 0.15) is 51.6 Å². The Morgan fingerprint density at radius 3 is 2.38 bits per heavy atom. The van der Waals surface area contributed by atoms with Gasteiger partial charge in [-0.3, -0.25) is 4.79 Å². The van der Waals surface area contributed by atoms with Gasteiger partial charge in [0.15, 0.2) is 11.5 Å². The molecule has 0 saturated carbocycles. The van der Waals surface area contributed by atoms with Crippen LogP contribution in [0.3, 0.4) is 0 Å². The van der Waals surface area contributed by atoms with E-state index < -0.39 is 11.9 Å². The molecule has 4 aromatic carbocycles. The van der Waals surface area contributed by atoms with E-state index in [1.54, 1.807) is 78.9 Å². The van der Waals surface area contributed by atoms with Crippen LogP contribution in [-0.4, -0.2) is 31.8 Å². The van der Waals surface area contributed by atoms with Gasteiger partial charge in [-0.25, -0.2) is 10.2 Å². The minimum atomic E-state index is -0.529. The van der Waals surface area contributed by atoms with Gasteiger partial charge in [-0.1, -0.05) is 49.2 Å². The molecule has 0 fully saturated rings. The molecule has 4 rings (SSSR count). The molecule has 4 aromatic rings. The van der Waals surface area contributed by atoms with Crippen molar-refractivity contribution in [2.75, 3.05) is 13.7 Å². The number of hydrazone groups is 1. The first-order chi connectivity index (χ1) is 20.5. The number of hydrogen-bond acceptors (Lipinski definition) is 7. The fraction of sp³-hybridized carbons (Fsp3) is 0.182. The van der Waals surface area contributed by atoms with Crippen LogP contribution in [0.15, 0.2) is 96.1 Å². The highest BCUT2D eigenvalue weighted by molar-refractivity contribution is 6.30. The SMILES string of the molecule is CCCCOc1ccc(C(=O)Oc2ccc(/C=N/NC(=O)c3ccccc3OCc3ccc(Cl)cc3)cc2OC)cc1. The number of unbranched alkanes of at least 4 members (excludes halogenated alkanes) is 1. The molecular weight excluding hydrogens is 556 g/mol. The van der Waals surface area contributed by atoms with E-state index in [1.165, 1.54) is 13.3 Å². The molecular formula is C33H31ClN2O6. The number of carbonyl (C=O) groups is 2. The molecule has 0 aliphatic heterocycles. The quantitative estimate of drug-likeness (QED) is 0.0591. The summed E-state index contributed by atoms with van der Waals surface area (Å²) >= 11 is 5.94. The Bertz CT molecular complexity index is 1520. The third-order valence-corrected chi connectivity index (χ3v) is 6.32. The average molecular weight is 587 g/mol. The Morgan fingerprint density at radius 1 is 0.881 bits per heavy atom. The van der Waals surface area contributed by atoms with Crippen LogP contribution >= 0.6 is 11.6 Å². The van der Waals surface area contributed by atoms with Crippen molar-refractivity contribution in [3.63, 3.8) is 0 Å². The maximum absolute atomic E-state index is 12.8. The molecule has 0 saturated heterocycles. The highest BCUT2D eigenvalue weighted by Gasteiger charge is 2.14. The van der Waals surface area contributed by atoms with Crippen LogP contribution < -0.4 is 24.4 Å². The van der Waals surface area contributed by atoms with Gasteiger partial charge < -0.3 is 18.9 Å². The van der Waals surface area contributed by atoms with Crippen molar-refractivity contribution in [3.8, 4) is 23.0 Å². The lowest BCUT2D eigenvalue weighted by atomic mass is 10.2. The van der Waals surface area contributed by atoms with E-state index >= 15 is 0 Å². The van der Waals surface area contributed by atoms with Crippen molar-refractivity contribution in [3.05, 3.63) is 118 Å². The Balaban J connectivity index is 1.35. The van der Waals surface area contributed by atoms with Crippen LogP contribution in [0, 0.1) is 0 Å². The van der Waals surface area contributed by atoms with Gasteiger partial charge in [0.1, 0.15) is 18.1 Å². The Hall–Kier alpha value is -4.82. The smallest absolute Gasteiger partial charge is 0.343 e. The van der Waals surface area contributed by atoms with Crippen LogP contribution in [0.2, 0.25) is 5.02 Å². The number of amides is 1. The number of rotatable bonds is 13. The summed E-state index contributed by atoms with van der Waals surface area (Å²) in [6.45, 7) is 3.00. The van der Waals surface area contributed by atoms with E-state index in [9.17, 15) is 9.59 Å². The number of nitrogens with zero attached hydrogens (tertiary/aromatic N) is 1. The molecule has 0 unspecified atom stereocenters. The summed E-state index contributed by atoms with van der Waals surface area (Å²) in [5.41, 5.74) is 4.77. The lowest BCUT2D eigenvalue weighted by Gasteiger charge is -2.11. The number of benzene rings is 4. The van der Waals surface area contributed by atoms with Gasteiger partial charge in [-0.05, 0) is 84.3 Å². The standard InChI is InChI=1S/C33H31ClN2O6/c1-3-4-19-40-27-16-12-25(13-17-27)33(38)42-30-18-11-24(20-31(30)39-2)21-35-36-32(37)28-7-5-6-8-29(28)41-22-23-9-14-26(34)15-10-23/h5-18,20-21H,3-4,19,22H2,1-2H3,(H,36,37)/b35-21+. The Morgan fingerprint density at radius 2 is 1.64 bits per heavy atom. The number of para-hydroxylation sites is 1. The maximum atomic E-state index is 12.8. The van der Waals surface area contributed by atoms with E-state index in [0.29, 0.717) is 45.6 Å². The second-order valence-corrected chi connectivity index (χ2v) is 9.57. The number of nitrogens with one attached hydrogen (secondary N) is 1. The van der Waals surface area contributed by atoms with Gasteiger partial charge in [0.25, 0.3) is 5.91 Å². The second kappa shape index (κ2) is 15.3. The summed E-state index contributed by atoms with van der Waals surface area (Å²) in [6.07, 6.45) is 3.47. The van der Waals surface area contributed by atoms with Crippen molar-refractivity contribution in [2.24, 2.45) is 5.10 Å². The molecule has 0 aliphatic rings. The van der Waals surface area contributed by atoms with E-state index in [4.69, 9.17) is 30.5 Å². The van der Waals surface area contributed by atoms with Crippen molar-refractivity contribution in [1.29, 1.82) is 0 Å². The Kier molecular flexibility index (Phi) is 10.9. The zero-order valence-corrected chi connectivity index (χ0v) is 24.1. The van der Waals surface area contributed by atoms with Crippen molar-refractivity contribution < 1.29 is 28.5 Å². The first kappa shape index (κ1) is 30.1. The summed E-state index contributed by atoms with van der Waals surface area (Å²) in [5.74, 6) is 0.739. The van der Waals surface area contributed by atoms with Crippen molar-refractivity contribution in [1.82, 2.24) is 5.43 Å². The molecule has 0 spiro atoms. The maximum Gasteiger partial charge on any atom is 0.343 e. The molecule has 0 bridgehead atoms. The lowest BCUT2D eigenvalue weighted by Crippen LogP contribution is -2.18. The van der Waals surface area contributed by atoms with Crippen LogP contribution in [0.5, 0.6) is 23.0 Å². The number of carbonyl (C=O) groups excluding carboxylic acids is 2. The van der Waals surface area contributed by atoms with Crippen molar-refractivity contribution in [2.45, 2.75) is 26.4 Å². The average Bonchev–Trinajstić information content (AvgIpc) is 3.02. The van der Waals surface area contributed by atoms with Crippen molar-refractivity contribution >= 4 is 29.7 Å². The van der Waals surface area contributed by atoms with Crippen LogP contribution in [0.25, 0.3) is 0 Å². The predicted octanol–water partition coefficient (Wildman–Crippen LogP) is 7.09. The fourth-order valence-electron chi connectivity index (χ4n) is 3.78. The Labute approximate surface area is 249 Å². The third-order valence-electron chi connectivity index (χ3n) is 6.07. The lowest BCUT2D eigenvalue weighted by molar-refractivity contribution is 0.0729. The van der Waals surface area contributed by atoms with Gasteiger partial charge in [0.2, 0.25) is 0 Å². The summed E-state index contributed by atoms with van der Waals surface area (Å²) < 4.78 is 22.5. The molecule has 8 nitrogen and oxygen atoms in total. The van der Waals surface area contributed by atoms with Gasteiger partial charge in [0, 0.05) is 5.02 Å². The highest BCUT2D eigenvalue weighted by Crippen LogP contribution is 2.29. The monoisotopic (exact) mass is 586 g/mol. The zero-order valence-electron chi connectivity index (χ0n) is 23.3. The second-order valence-electron chi connectivity index (χ2n) is 9.14. The number of methoxy groups -OCH3 is 1. The molecule has 0 radical (unpaired) electrons. The highest BCUT2D eigenvalue weighted by atomic mass is 35.5. The van der Waals surface area contributed by atoms with Crippen LogP contribution in [0.4, 0.5) is 0 Å². The summed E-state index contributed by atoms with van der Waals surface area (Å²) in [4.78, 5) is 25.5. The zero-order chi connectivity index (χ0) is 29.7. The number of ether oxygens (including phenoxy) is 4. The predicted molar refractivity (Wildman–Crippen MR) is 162 cm³/mol. The molecule has 0 atom stereocenters. The number of hydrogen-bond donors (Lipinski definition) is 1. The minimum Gasteiger partial charge on any atom is -0.494 e. The molecule has 1 N–H and O–H groups in total. The molecule has 216 valence electrons. The van der Waals surface area contributed by atoms with Gasteiger partial charge >= 0.3 is 5.97 Å². The normalized spacial score (nSPS) is 10.7. The summed E-state index contributed by atoms with van der Waals surface area (Å²) in [7, 11) is 1.47. The first-order valence-corrected chi connectivity index (χ1v) is 13.8. The van der Waals surface area contributed by atoms with Gasteiger partial charge in [-0.2, -0.15) is 5.10 Å². The summed E-state index contributed by atoms with van der Waals surface area (Å²) in [6, 6.07) is 25.9.